The van der Waals surface area contributed by atoms with E-state index in [2.05, 4.69) is 32.6 Å². The third-order valence-electron chi connectivity index (χ3n) is 3.91. The number of rotatable bonds is 5. The molecule has 0 aliphatic carbocycles. The largest absolute Gasteiger partial charge is 0.378 e. The highest BCUT2D eigenvalue weighted by atomic mass is 15.3. The quantitative estimate of drug-likeness (QED) is 0.425. The molecule has 0 aromatic heterocycles. The van der Waals surface area contributed by atoms with Crippen LogP contribution in [0.3, 0.4) is 0 Å². The zero-order valence-corrected chi connectivity index (χ0v) is 15.1. The summed E-state index contributed by atoms with van der Waals surface area (Å²) in [7, 11) is 4.06. The number of benzene rings is 3. The average molecular weight is 343 g/mol. The van der Waals surface area contributed by atoms with Crippen molar-refractivity contribution in [2.75, 3.05) is 19.0 Å². The van der Waals surface area contributed by atoms with Gasteiger partial charge in [0, 0.05) is 19.8 Å². The normalized spacial score (nSPS) is 11.5. The summed E-state index contributed by atoms with van der Waals surface area (Å²) in [4.78, 5) is 5.46. The predicted octanol–water partition coefficient (Wildman–Crippen LogP) is 2.54. The molecule has 0 radical (unpaired) electrons. The highest BCUT2D eigenvalue weighted by Crippen LogP contribution is 2.10. The van der Waals surface area contributed by atoms with Gasteiger partial charge in [0.2, 0.25) is 0 Å². The van der Waals surface area contributed by atoms with Crippen LogP contribution in [0.25, 0.3) is 0 Å². The van der Waals surface area contributed by atoms with Crippen LogP contribution >= 0.6 is 0 Å². The molecule has 0 atom stereocenters. The van der Waals surface area contributed by atoms with Crippen molar-refractivity contribution in [1.29, 1.82) is 0 Å². The Hall–Kier alpha value is -3.40. The topological polar surface area (TPSA) is 41.6 Å². The lowest BCUT2D eigenvalue weighted by atomic mass is 10.2. The average Bonchev–Trinajstić information content (AvgIpc) is 2.69. The van der Waals surface area contributed by atoms with Crippen molar-refractivity contribution >= 4 is 23.4 Å². The van der Waals surface area contributed by atoms with Gasteiger partial charge in [0.15, 0.2) is 0 Å². The van der Waals surface area contributed by atoms with E-state index in [-0.39, 0.29) is 0 Å². The Bertz CT molecular complexity index is 867. The lowest BCUT2D eigenvalue weighted by Gasteiger charge is -2.11. The van der Waals surface area contributed by atoms with Crippen LogP contribution < -0.4 is 15.3 Å². The lowest BCUT2D eigenvalue weighted by molar-refractivity contribution is -0.355. The summed E-state index contributed by atoms with van der Waals surface area (Å²) in [6.45, 7) is 0. The maximum atomic E-state index is 4.40. The second-order valence-electron chi connectivity index (χ2n) is 6.09. The molecule has 4 heteroatoms. The standard InChI is InChI=1S/C22H22N4/c1-26(2)21-15-13-18(14-16-21)17-23-25-22(19-9-5-3-6-10-19)24-20-11-7-4-8-12-20/h3-17H,1-2H3,(H,24,25)/p+1/b23-17-. The third kappa shape index (κ3) is 4.80. The van der Waals surface area contributed by atoms with Crippen molar-refractivity contribution in [2.45, 2.75) is 0 Å². The molecule has 0 aliphatic heterocycles. The molecule has 0 fully saturated rings. The fraction of sp³-hybridized carbons (Fsp3) is 0.0909. The van der Waals surface area contributed by atoms with Gasteiger partial charge >= 0.3 is 5.84 Å². The van der Waals surface area contributed by atoms with Crippen molar-refractivity contribution in [1.82, 2.24) is 5.43 Å². The summed E-state index contributed by atoms with van der Waals surface area (Å²) in [6, 6.07) is 28.4. The highest BCUT2D eigenvalue weighted by molar-refractivity contribution is 5.95. The van der Waals surface area contributed by atoms with Crippen LogP contribution in [0.5, 0.6) is 0 Å². The van der Waals surface area contributed by atoms with Gasteiger partial charge < -0.3 is 4.90 Å². The lowest BCUT2D eigenvalue weighted by Crippen LogP contribution is -2.69. The molecule has 26 heavy (non-hydrogen) atoms. The molecule has 0 unspecified atom stereocenters. The molecular formula is C22H23N4+. The first kappa shape index (κ1) is 17.4. The Labute approximate surface area is 154 Å². The summed E-state index contributed by atoms with van der Waals surface area (Å²) in [5, 5.41) is 4.40. The van der Waals surface area contributed by atoms with Gasteiger partial charge in [-0.25, -0.2) is 4.99 Å². The molecule has 3 aromatic carbocycles. The zero-order chi connectivity index (χ0) is 18.2. The fourth-order valence-corrected chi connectivity index (χ4v) is 2.47. The molecule has 2 N–H and O–H groups in total. The minimum Gasteiger partial charge on any atom is -0.378 e. The Morgan fingerprint density at radius 3 is 2.08 bits per heavy atom. The fourth-order valence-electron chi connectivity index (χ4n) is 2.47. The Kier molecular flexibility index (Phi) is 5.78. The van der Waals surface area contributed by atoms with Gasteiger partial charge in [0.25, 0.3) is 0 Å². The third-order valence-corrected chi connectivity index (χ3v) is 3.91. The number of nitrogens with one attached hydrogen (secondary N) is 2. The van der Waals surface area contributed by atoms with E-state index in [0.29, 0.717) is 0 Å². The Morgan fingerprint density at radius 2 is 1.46 bits per heavy atom. The monoisotopic (exact) mass is 343 g/mol. The number of hydrazone groups is 1. The molecule has 0 spiro atoms. The number of amidine groups is 1. The molecule has 3 aromatic rings. The summed E-state index contributed by atoms with van der Waals surface area (Å²) in [5.41, 5.74) is 7.38. The molecule has 130 valence electrons. The van der Waals surface area contributed by atoms with Gasteiger partial charge in [-0.2, -0.15) is 0 Å². The van der Waals surface area contributed by atoms with Crippen molar-refractivity contribution in [3.05, 3.63) is 96.1 Å². The van der Waals surface area contributed by atoms with Gasteiger partial charge in [-0.1, -0.05) is 53.6 Å². The first-order valence-corrected chi connectivity index (χ1v) is 8.53. The van der Waals surface area contributed by atoms with Crippen LogP contribution in [0.1, 0.15) is 11.1 Å². The number of nitrogens with zero attached hydrogens (tertiary/aromatic N) is 2. The van der Waals surface area contributed by atoms with E-state index in [1.54, 1.807) is 0 Å². The zero-order valence-electron chi connectivity index (χ0n) is 15.1. The molecule has 3 rings (SSSR count). The Morgan fingerprint density at radius 1 is 0.846 bits per heavy atom. The number of anilines is 1. The van der Waals surface area contributed by atoms with E-state index in [9.17, 15) is 0 Å². The van der Waals surface area contributed by atoms with Gasteiger partial charge in [0.1, 0.15) is 5.69 Å². The van der Waals surface area contributed by atoms with Crippen molar-refractivity contribution in [3.63, 3.8) is 0 Å². The molecule has 0 saturated heterocycles. The van der Waals surface area contributed by atoms with Crippen molar-refractivity contribution in [2.24, 2.45) is 5.10 Å². The number of hydrogen-bond acceptors (Lipinski definition) is 2. The minimum absolute atomic E-state index is 0.831. The van der Waals surface area contributed by atoms with Crippen LogP contribution in [0.15, 0.2) is 90.0 Å². The van der Waals surface area contributed by atoms with Crippen LogP contribution in [0.4, 0.5) is 11.4 Å². The molecule has 0 aliphatic rings. The van der Waals surface area contributed by atoms with E-state index in [0.717, 1.165) is 28.3 Å². The van der Waals surface area contributed by atoms with Gasteiger partial charge in [-0.3, -0.25) is 0 Å². The molecular weight excluding hydrogens is 320 g/mol. The number of hydrogen-bond donors (Lipinski definition) is 2. The first-order valence-electron chi connectivity index (χ1n) is 8.53. The summed E-state index contributed by atoms with van der Waals surface area (Å²) in [6.07, 6.45) is 1.81. The molecule has 0 heterocycles. The summed E-state index contributed by atoms with van der Waals surface area (Å²) in [5.74, 6) is 0.831. The van der Waals surface area contributed by atoms with E-state index in [1.165, 1.54) is 0 Å². The summed E-state index contributed by atoms with van der Waals surface area (Å²) < 4.78 is 0. The van der Waals surface area contributed by atoms with Gasteiger partial charge in [-0.05, 0) is 42.0 Å². The van der Waals surface area contributed by atoms with Crippen LogP contribution in [0, 0.1) is 0 Å². The molecule has 4 nitrogen and oxygen atoms in total. The van der Waals surface area contributed by atoms with E-state index in [4.69, 9.17) is 0 Å². The molecule has 0 amide bonds. The second-order valence-corrected chi connectivity index (χ2v) is 6.09. The second kappa shape index (κ2) is 8.62. The molecule has 0 saturated carbocycles. The van der Waals surface area contributed by atoms with E-state index >= 15 is 0 Å². The van der Waals surface area contributed by atoms with E-state index in [1.807, 2.05) is 93.1 Å². The van der Waals surface area contributed by atoms with Crippen molar-refractivity contribution in [3.8, 4) is 0 Å². The number of para-hydroxylation sites is 1. The maximum absolute atomic E-state index is 4.40. The molecule has 0 bridgehead atoms. The predicted molar refractivity (Wildman–Crippen MR) is 109 cm³/mol. The first-order chi connectivity index (χ1) is 12.7. The van der Waals surface area contributed by atoms with Crippen LogP contribution in [-0.4, -0.2) is 26.1 Å². The van der Waals surface area contributed by atoms with Crippen LogP contribution in [0.2, 0.25) is 0 Å². The van der Waals surface area contributed by atoms with Gasteiger partial charge in [-0.15, -0.1) is 5.43 Å². The van der Waals surface area contributed by atoms with Crippen LogP contribution in [-0.2, 0) is 0 Å². The van der Waals surface area contributed by atoms with E-state index < -0.39 is 0 Å². The Balaban J connectivity index is 1.79. The minimum atomic E-state index is 0.831. The highest BCUT2D eigenvalue weighted by Gasteiger charge is 2.09. The smallest absolute Gasteiger partial charge is 0.305 e. The van der Waals surface area contributed by atoms with Gasteiger partial charge in [0.05, 0.1) is 11.8 Å². The SMILES string of the molecule is CN(C)c1ccc(/C=N\NC(=[NH+]c2ccccc2)c2ccccc2)cc1. The maximum Gasteiger partial charge on any atom is 0.305 e. The summed E-state index contributed by atoms with van der Waals surface area (Å²) >= 11 is 0. The van der Waals surface area contributed by atoms with Crippen molar-refractivity contribution < 1.29 is 4.99 Å².